The Bertz CT molecular complexity index is 1000. The van der Waals surface area contributed by atoms with Crippen LogP contribution in [0.5, 0.6) is 0 Å². The van der Waals surface area contributed by atoms with E-state index in [9.17, 15) is 9.59 Å². The smallest absolute Gasteiger partial charge is 0.338 e. The zero-order valence-electron chi connectivity index (χ0n) is 18.0. The summed E-state index contributed by atoms with van der Waals surface area (Å²) in [5.41, 5.74) is 1.70. The number of hydrogen-bond acceptors (Lipinski definition) is 8. The molecule has 2 aromatic rings. The number of nitrogens with one attached hydrogen (secondary N) is 2. The third kappa shape index (κ3) is 4.73. The standard InChI is InChI=1S/C21H26N6O4S/c1-3-31-18(28)16-15(22-19(29)23-17(16)14-7-5-4-6-8-14)13-32-21-25-24-20(26(21)2)27-9-11-30-12-10-27/h4-8,17H,3,9-13H2,1-2H3,(H2,22,23,29). The summed E-state index contributed by atoms with van der Waals surface area (Å²) in [6, 6.07) is 8.41. The number of rotatable bonds is 7. The number of benzene rings is 1. The van der Waals surface area contributed by atoms with Crippen molar-refractivity contribution in [1.29, 1.82) is 0 Å². The quantitative estimate of drug-likeness (QED) is 0.476. The number of carbonyl (C=O) groups excluding carboxylic acids is 2. The lowest BCUT2D eigenvalue weighted by molar-refractivity contribution is -0.139. The van der Waals surface area contributed by atoms with E-state index in [-0.39, 0.29) is 12.6 Å². The van der Waals surface area contributed by atoms with Crippen molar-refractivity contribution in [3.63, 3.8) is 0 Å². The Hall–Kier alpha value is -3.05. The van der Waals surface area contributed by atoms with Gasteiger partial charge < -0.3 is 25.0 Å². The van der Waals surface area contributed by atoms with E-state index in [1.165, 1.54) is 11.8 Å². The Morgan fingerprint density at radius 2 is 2.00 bits per heavy atom. The topological polar surface area (TPSA) is 111 Å². The van der Waals surface area contributed by atoms with Gasteiger partial charge in [0.05, 0.1) is 31.4 Å². The van der Waals surface area contributed by atoms with E-state index in [0.717, 1.165) is 24.6 Å². The Morgan fingerprint density at radius 3 is 2.72 bits per heavy atom. The Labute approximate surface area is 190 Å². The SMILES string of the molecule is CCOC(=O)C1=C(CSc2nnc(N3CCOCC3)n2C)NC(=O)NC1c1ccccc1. The van der Waals surface area contributed by atoms with Crippen LogP contribution in [0.25, 0.3) is 0 Å². The minimum absolute atomic E-state index is 0.240. The largest absolute Gasteiger partial charge is 0.463 e. The van der Waals surface area contributed by atoms with Crippen molar-refractivity contribution < 1.29 is 19.1 Å². The van der Waals surface area contributed by atoms with E-state index in [4.69, 9.17) is 9.47 Å². The molecule has 2 aliphatic heterocycles. The van der Waals surface area contributed by atoms with E-state index in [1.54, 1.807) is 6.92 Å². The summed E-state index contributed by atoms with van der Waals surface area (Å²) >= 11 is 1.40. The zero-order valence-corrected chi connectivity index (χ0v) is 18.9. The minimum atomic E-state index is -0.594. The van der Waals surface area contributed by atoms with Gasteiger partial charge in [-0.3, -0.25) is 4.57 Å². The molecule has 1 saturated heterocycles. The molecule has 1 fully saturated rings. The van der Waals surface area contributed by atoms with E-state index in [0.29, 0.717) is 35.4 Å². The highest BCUT2D eigenvalue weighted by molar-refractivity contribution is 7.99. The maximum absolute atomic E-state index is 12.9. The maximum Gasteiger partial charge on any atom is 0.338 e. The third-order valence-corrected chi connectivity index (χ3v) is 6.28. The lowest BCUT2D eigenvalue weighted by atomic mass is 9.95. The molecule has 1 unspecified atom stereocenters. The van der Waals surface area contributed by atoms with Crippen LogP contribution in [0.3, 0.4) is 0 Å². The van der Waals surface area contributed by atoms with Gasteiger partial charge in [0, 0.05) is 31.6 Å². The summed E-state index contributed by atoms with van der Waals surface area (Å²) in [5.74, 6) is 0.642. The summed E-state index contributed by atoms with van der Waals surface area (Å²) in [7, 11) is 1.90. The fraction of sp³-hybridized carbons (Fsp3) is 0.429. The van der Waals surface area contributed by atoms with Gasteiger partial charge in [-0.15, -0.1) is 10.2 Å². The van der Waals surface area contributed by atoms with E-state index >= 15 is 0 Å². The number of nitrogens with zero attached hydrogens (tertiary/aromatic N) is 4. The van der Waals surface area contributed by atoms with Crippen molar-refractivity contribution >= 4 is 29.7 Å². The van der Waals surface area contributed by atoms with Crippen molar-refractivity contribution in [3.05, 3.63) is 47.2 Å². The maximum atomic E-state index is 12.9. The first-order chi connectivity index (χ1) is 15.6. The highest BCUT2D eigenvalue weighted by atomic mass is 32.2. The van der Waals surface area contributed by atoms with Gasteiger partial charge in [-0.1, -0.05) is 42.1 Å². The first-order valence-corrected chi connectivity index (χ1v) is 11.4. The number of carbonyl (C=O) groups is 2. The first-order valence-electron chi connectivity index (χ1n) is 10.5. The number of amides is 2. The molecule has 0 spiro atoms. The predicted molar refractivity (Wildman–Crippen MR) is 119 cm³/mol. The molecular formula is C21H26N6O4S. The van der Waals surface area contributed by atoms with Crippen LogP contribution in [0.1, 0.15) is 18.5 Å². The molecule has 2 N–H and O–H groups in total. The highest BCUT2D eigenvalue weighted by Crippen LogP contribution is 2.31. The summed E-state index contributed by atoms with van der Waals surface area (Å²) in [6.45, 7) is 4.83. The molecule has 11 heteroatoms. The van der Waals surface area contributed by atoms with Gasteiger partial charge in [-0.2, -0.15) is 0 Å². The second kappa shape index (κ2) is 10.0. The third-order valence-electron chi connectivity index (χ3n) is 5.23. The summed E-state index contributed by atoms with van der Waals surface area (Å²) in [6.07, 6.45) is 0. The van der Waals surface area contributed by atoms with Gasteiger partial charge in [0.15, 0.2) is 5.16 Å². The second-order valence-corrected chi connectivity index (χ2v) is 8.23. The molecule has 2 aliphatic rings. The number of hydrogen-bond donors (Lipinski definition) is 2. The Balaban J connectivity index is 1.60. The molecule has 10 nitrogen and oxygen atoms in total. The molecule has 1 atom stereocenters. The second-order valence-electron chi connectivity index (χ2n) is 7.28. The number of thioether (sulfide) groups is 1. The van der Waals surface area contributed by atoms with Gasteiger partial charge >= 0.3 is 12.0 Å². The van der Waals surface area contributed by atoms with Crippen LogP contribution in [0, 0.1) is 0 Å². The zero-order chi connectivity index (χ0) is 22.5. The van der Waals surface area contributed by atoms with Crippen LogP contribution < -0.4 is 15.5 Å². The fourth-order valence-electron chi connectivity index (χ4n) is 3.69. The number of esters is 1. The predicted octanol–water partition coefficient (Wildman–Crippen LogP) is 1.62. The molecule has 4 rings (SSSR count). The van der Waals surface area contributed by atoms with Gasteiger partial charge in [-0.05, 0) is 12.5 Å². The van der Waals surface area contributed by atoms with Crippen LogP contribution in [-0.2, 0) is 21.3 Å². The molecule has 32 heavy (non-hydrogen) atoms. The molecule has 1 aromatic carbocycles. The average Bonchev–Trinajstić information content (AvgIpc) is 3.18. The molecule has 2 amide bonds. The van der Waals surface area contributed by atoms with Crippen LogP contribution in [0.4, 0.5) is 10.7 Å². The van der Waals surface area contributed by atoms with Gasteiger partial charge in [0.2, 0.25) is 5.95 Å². The number of ether oxygens (including phenoxy) is 2. The van der Waals surface area contributed by atoms with Gasteiger partial charge in [0.1, 0.15) is 0 Å². The average molecular weight is 459 g/mol. The molecule has 0 aliphatic carbocycles. The molecule has 170 valence electrons. The van der Waals surface area contributed by atoms with Crippen LogP contribution >= 0.6 is 11.8 Å². The van der Waals surface area contributed by atoms with E-state index in [2.05, 4.69) is 25.7 Å². The Kier molecular flexibility index (Phi) is 6.96. The van der Waals surface area contributed by atoms with Crippen LogP contribution in [0.2, 0.25) is 0 Å². The monoisotopic (exact) mass is 458 g/mol. The summed E-state index contributed by atoms with van der Waals surface area (Å²) in [4.78, 5) is 27.4. The van der Waals surface area contributed by atoms with Crippen molar-refractivity contribution in [2.75, 3.05) is 43.6 Å². The van der Waals surface area contributed by atoms with Crippen molar-refractivity contribution in [1.82, 2.24) is 25.4 Å². The van der Waals surface area contributed by atoms with Gasteiger partial charge in [0.25, 0.3) is 0 Å². The molecule has 0 bridgehead atoms. The highest BCUT2D eigenvalue weighted by Gasteiger charge is 2.34. The van der Waals surface area contributed by atoms with Crippen molar-refractivity contribution in [3.8, 4) is 0 Å². The lowest BCUT2D eigenvalue weighted by Gasteiger charge is -2.29. The van der Waals surface area contributed by atoms with E-state index < -0.39 is 12.0 Å². The number of anilines is 1. The number of urea groups is 1. The minimum Gasteiger partial charge on any atom is -0.463 e. The fourth-order valence-corrected chi connectivity index (χ4v) is 4.56. The molecule has 3 heterocycles. The van der Waals surface area contributed by atoms with Crippen LogP contribution in [-0.4, -0.2) is 65.4 Å². The van der Waals surface area contributed by atoms with Crippen molar-refractivity contribution in [2.45, 2.75) is 18.1 Å². The normalized spacial score (nSPS) is 18.9. The van der Waals surface area contributed by atoms with Gasteiger partial charge in [-0.25, -0.2) is 9.59 Å². The molecular weight excluding hydrogens is 432 g/mol. The molecule has 0 saturated carbocycles. The summed E-state index contributed by atoms with van der Waals surface area (Å²) in [5, 5.41) is 14.9. The van der Waals surface area contributed by atoms with E-state index in [1.807, 2.05) is 41.9 Å². The number of aromatic nitrogens is 3. The first kappa shape index (κ1) is 22.2. The van der Waals surface area contributed by atoms with Crippen LogP contribution in [0.15, 0.2) is 46.8 Å². The molecule has 0 radical (unpaired) electrons. The molecule has 1 aromatic heterocycles. The van der Waals surface area contributed by atoms with Crippen molar-refractivity contribution in [2.24, 2.45) is 7.05 Å². The Morgan fingerprint density at radius 1 is 1.25 bits per heavy atom. The summed E-state index contributed by atoms with van der Waals surface area (Å²) < 4.78 is 12.6. The number of morpholine rings is 1. The lowest BCUT2D eigenvalue weighted by Crippen LogP contribution is -2.46.